The number of rotatable bonds is 4. The maximum absolute atomic E-state index is 12.0. The van der Waals surface area contributed by atoms with Gasteiger partial charge >= 0.3 is 0 Å². The van der Waals surface area contributed by atoms with Crippen LogP contribution in [0.25, 0.3) is 0 Å². The molecule has 0 saturated heterocycles. The number of carbonyl (C=O) groups excluding carboxylic acids is 1. The van der Waals surface area contributed by atoms with Crippen molar-refractivity contribution >= 4 is 24.0 Å². The molecule has 112 valence electrons. The molecule has 1 amide bonds. The minimum Gasteiger partial charge on any atom is -0.397 e. The summed E-state index contributed by atoms with van der Waals surface area (Å²) in [6.45, 7) is 2.21. The lowest BCUT2D eigenvalue weighted by Gasteiger charge is -2.31. The monoisotopic (exact) mass is 297 g/mol. The van der Waals surface area contributed by atoms with Gasteiger partial charge in [-0.3, -0.25) is 9.78 Å². The smallest absolute Gasteiger partial charge is 0.226 e. The van der Waals surface area contributed by atoms with E-state index in [2.05, 4.69) is 17.2 Å². The van der Waals surface area contributed by atoms with Crippen LogP contribution in [0.3, 0.4) is 0 Å². The van der Waals surface area contributed by atoms with Gasteiger partial charge in [0.2, 0.25) is 5.91 Å². The minimum absolute atomic E-state index is 0. The SMILES string of the molecule is CCC1CCCCC1NC(=O)Cc1ccc(N)cn1.Cl. The second-order valence-electron chi connectivity index (χ2n) is 5.39. The van der Waals surface area contributed by atoms with Crippen LogP contribution in [-0.2, 0) is 11.2 Å². The molecule has 0 aromatic carbocycles. The highest BCUT2D eigenvalue weighted by Gasteiger charge is 2.24. The summed E-state index contributed by atoms with van der Waals surface area (Å²) in [7, 11) is 0. The standard InChI is InChI=1S/C15H23N3O.ClH/c1-2-11-5-3-4-6-14(11)18-15(19)9-13-8-7-12(16)10-17-13;/h7-8,10-11,14H,2-6,9,16H2,1H3,(H,18,19);1H. The van der Waals surface area contributed by atoms with Crippen molar-refractivity contribution in [2.24, 2.45) is 5.92 Å². The van der Waals surface area contributed by atoms with E-state index in [1.165, 1.54) is 19.3 Å². The summed E-state index contributed by atoms with van der Waals surface area (Å²) in [5.41, 5.74) is 6.98. The average Bonchev–Trinajstić information content (AvgIpc) is 2.42. The molecular formula is C15H24ClN3O. The molecule has 4 nitrogen and oxygen atoms in total. The Labute approximate surface area is 126 Å². The molecule has 0 bridgehead atoms. The molecule has 1 heterocycles. The van der Waals surface area contributed by atoms with Crippen molar-refractivity contribution in [3.05, 3.63) is 24.0 Å². The van der Waals surface area contributed by atoms with Crippen molar-refractivity contribution in [2.45, 2.75) is 51.5 Å². The summed E-state index contributed by atoms with van der Waals surface area (Å²) in [6, 6.07) is 3.94. The molecule has 2 unspecified atom stereocenters. The zero-order chi connectivity index (χ0) is 13.7. The fourth-order valence-electron chi connectivity index (χ4n) is 2.85. The van der Waals surface area contributed by atoms with Crippen molar-refractivity contribution in [1.29, 1.82) is 0 Å². The molecule has 2 rings (SSSR count). The third-order valence-corrected chi connectivity index (χ3v) is 3.97. The van der Waals surface area contributed by atoms with Crippen LogP contribution >= 0.6 is 12.4 Å². The molecule has 20 heavy (non-hydrogen) atoms. The Morgan fingerprint density at radius 3 is 2.80 bits per heavy atom. The van der Waals surface area contributed by atoms with Crippen LogP contribution in [0, 0.1) is 5.92 Å². The summed E-state index contributed by atoms with van der Waals surface area (Å²) in [4.78, 5) is 16.2. The van der Waals surface area contributed by atoms with Gasteiger partial charge in [0.25, 0.3) is 0 Å². The number of nitrogens with one attached hydrogen (secondary N) is 1. The Hall–Kier alpha value is -1.29. The van der Waals surface area contributed by atoms with E-state index in [1.807, 2.05) is 6.07 Å². The number of hydrogen-bond acceptors (Lipinski definition) is 3. The third-order valence-electron chi connectivity index (χ3n) is 3.97. The highest BCUT2D eigenvalue weighted by Crippen LogP contribution is 2.26. The average molecular weight is 298 g/mol. The van der Waals surface area contributed by atoms with Crippen LogP contribution in [0.2, 0.25) is 0 Å². The molecule has 1 aliphatic carbocycles. The Kier molecular flexibility index (Phi) is 6.79. The fraction of sp³-hybridized carbons (Fsp3) is 0.600. The van der Waals surface area contributed by atoms with Gasteiger partial charge in [-0.25, -0.2) is 0 Å². The van der Waals surface area contributed by atoms with Gasteiger partial charge < -0.3 is 11.1 Å². The second-order valence-corrected chi connectivity index (χ2v) is 5.39. The molecule has 1 saturated carbocycles. The number of nitrogen functional groups attached to an aromatic ring is 1. The number of nitrogens with zero attached hydrogens (tertiary/aromatic N) is 1. The summed E-state index contributed by atoms with van der Waals surface area (Å²) >= 11 is 0. The molecule has 1 aromatic heterocycles. The van der Waals surface area contributed by atoms with E-state index in [-0.39, 0.29) is 18.3 Å². The molecule has 1 aliphatic rings. The molecule has 0 aliphatic heterocycles. The van der Waals surface area contributed by atoms with E-state index in [0.29, 0.717) is 24.1 Å². The van der Waals surface area contributed by atoms with Crippen LogP contribution in [0.4, 0.5) is 5.69 Å². The van der Waals surface area contributed by atoms with Crippen molar-refractivity contribution in [3.8, 4) is 0 Å². The summed E-state index contributed by atoms with van der Waals surface area (Å²) in [6.07, 6.45) is 7.95. The largest absolute Gasteiger partial charge is 0.397 e. The highest BCUT2D eigenvalue weighted by molar-refractivity contribution is 5.85. The van der Waals surface area contributed by atoms with E-state index >= 15 is 0 Å². The molecule has 3 N–H and O–H groups in total. The number of pyridine rings is 1. The number of anilines is 1. The second kappa shape index (κ2) is 8.10. The lowest BCUT2D eigenvalue weighted by atomic mass is 9.83. The first kappa shape index (κ1) is 16.8. The van der Waals surface area contributed by atoms with Gasteiger partial charge in [0.1, 0.15) is 0 Å². The van der Waals surface area contributed by atoms with E-state index in [0.717, 1.165) is 18.5 Å². The number of nitrogens with two attached hydrogens (primary N) is 1. The molecular weight excluding hydrogens is 274 g/mol. The fourth-order valence-corrected chi connectivity index (χ4v) is 2.85. The Morgan fingerprint density at radius 1 is 1.40 bits per heavy atom. The molecule has 1 fully saturated rings. The van der Waals surface area contributed by atoms with Crippen LogP contribution in [0.1, 0.15) is 44.7 Å². The highest BCUT2D eigenvalue weighted by atomic mass is 35.5. The first-order valence-electron chi connectivity index (χ1n) is 7.18. The third kappa shape index (κ3) is 4.67. The normalized spacial score (nSPS) is 21.9. The molecule has 0 spiro atoms. The van der Waals surface area contributed by atoms with Crippen molar-refractivity contribution in [2.75, 3.05) is 5.73 Å². The number of aromatic nitrogens is 1. The van der Waals surface area contributed by atoms with Crippen molar-refractivity contribution in [3.63, 3.8) is 0 Å². The van der Waals surface area contributed by atoms with Crippen molar-refractivity contribution < 1.29 is 4.79 Å². The van der Waals surface area contributed by atoms with E-state index < -0.39 is 0 Å². The maximum Gasteiger partial charge on any atom is 0.226 e. The van der Waals surface area contributed by atoms with Gasteiger partial charge in [-0.1, -0.05) is 26.2 Å². The maximum atomic E-state index is 12.0. The van der Waals surface area contributed by atoms with E-state index in [4.69, 9.17) is 5.73 Å². The zero-order valence-electron chi connectivity index (χ0n) is 12.0. The van der Waals surface area contributed by atoms with Crippen LogP contribution in [0.5, 0.6) is 0 Å². The number of hydrogen-bond donors (Lipinski definition) is 2. The number of carbonyl (C=O) groups is 1. The molecule has 2 atom stereocenters. The van der Waals surface area contributed by atoms with Gasteiger partial charge in [-0.15, -0.1) is 12.4 Å². The molecule has 1 aromatic rings. The first-order chi connectivity index (χ1) is 9.19. The Balaban J connectivity index is 0.00000200. The van der Waals surface area contributed by atoms with Crippen LogP contribution in [-0.4, -0.2) is 16.9 Å². The van der Waals surface area contributed by atoms with E-state index in [9.17, 15) is 4.79 Å². The summed E-state index contributed by atoms with van der Waals surface area (Å²) in [5, 5.41) is 3.17. The van der Waals surface area contributed by atoms with Crippen molar-refractivity contribution in [1.82, 2.24) is 10.3 Å². The first-order valence-corrected chi connectivity index (χ1v) is 7.18. The quantitative estimate of drug-likeness (QED) is 0.898. The van der Waals surface area contributed by atoms with E-state index in [1.54, 1.807) is 12.3 Å². The van der Waals surface area contributed by atoms with Crippen LogP contribution < -0.4 is 11.1 Å². The minimum atomic E-state index is 0. The van der Waals surface area contributed by atoms with Gasteiger partial charge in [0.05, 0.1) is 18.3 Å². The summed E-state index contributed by atoms with van der Waals surface area (Å²) < 4.78 is 0. The van der Waals surface area contributed by atoms with Gasteiger partial charge in [-0.05, 0) is 30.9 Å². The predicted octanol–water partition coefficient (Wildman–Crippen LogP) is 2.71. The van der Waals surface area contributed by atoms with Crippen LogP contribution in [0.15, 0.2) is 18.3 Å². The molecule has 0 radical (unpaired) electrons. The Morgan fingerprint density at radius 2 is 2.15 bits per heavy atom. The van der Waals surface area contributed by atoms with Gasteiger partial charge in [-0.2, -0.15) is 0 Å². The van der Waals surface area contributed by atoms with Gasteiger partial charge in [0, 0.05) is 11.7 Å². The molecule has 5 heteroatoms. The Bertz CT molecular complexity index is 422. The van der Waals surface area contributed by atoms with Gasteiger partial charge in [0.15, 0.2) is 0 Å². The summed E-state index contributed by atoms with van der Waals surface area (Å²) in [5.74, 6) is 0.708. The number of amides is 1. The lowest BCUT2D eigenvalue weighted by molar-refractivity contribution is -0.121. The zero-order valence-corrected chi connectivity index (χ0v) is 12.8. The number of halogens is 1. The topological polar surface area (TPSA) is 68.0 Å². The predicted molar refractivity (Wildman–Crippen MR) is 83.8 cm³/mol. The lowest BCUT2D eigenvalue weighted by Crippen LogP contribution is -2.42.